The highest BCUT2D eigenvalue weighted by Crippen LogP contribution is 2.21. The number of carbonyl (C=O) groups is 1. The summed E-state index contributed by atoms with van der Waals surface area (Å²) in [5.74, 6) is 0.0531. The molecule has 2 heteroatoms. The molecule has 0 aliphatic carbocycles. The van der Waals surface area contributed by atoms with E-state index in [0.717, 1.165) is 10.0 Å². The number of Topliss-reactive ketones (excluding diaryl/α,β-unsaturated/α-hetero) is 1. The summed E-state index contributed by atoms with van der Waals surface area (Å²) in [5, 5.41) is 0. The van der Waals surface area contributed by atoms with Gasteiger partial charge < -0.3 is 0 Å². The second-order valence-electron chi connectivity index (χ2n) is 2.46. The van der Waals surface area contributed by atoms with Gasteiger partial charge in [-0.1, -0.05) is 40.7 Å². The van der Waals surface area contributed by atoms with Crippen LogP contribution in [-0.4, -0.2) is 5.78 Å². The fraction of sp³-hybridized carbons (Fsp3) is 0.100. The van der Waals surface area contributed by atoms with E-state index in [1.807, 2.05) is 18.2 Å². The van der Waals surface area contributed by atoms with Crippen molar-refractivity contribution in [2.45, 2.75) is 6.92 Å². The van der Waals surface area contributed by atoms with E-state index in [4.69, 9.17) is 0 Å². The molecule has 0 spiro atoms. The van der Waals surface area contributed by atoms with Gasteiger partial charge in [-0.15, -0.1) is 0 Å². The molecular weight excluding hydrogens is 216 g/mol. The van der Waals surface area contributed by atoms with Crippen molar-refractivity contribution in [2.24, 2.45) is 0 Å². The Kier molecular flexibility index (Phi) is 2.82. The summed E-state index contributed by atoms with van der Waals surface area (Å²) in [7, 11) is 0. The van der Waals surface area contributed by atoms with E-state index in [2.05, 4.69) is 22.5 Å². The zero-order chi connectivity index (χ0) is 9.14. The van der Waals surface area contributed by atoms with Crippen LogP contribution in [-0.2, 0) is 0 Å². The minimum atomic E-state index is 0.0531. The van der Waals surface area contributed by atoms with Gasteiger partial charge >= 0.3 is 0 Å². The van der Waals surface area contributed by atoms with Crippen molar-refractivity contribution < 1.29 is 4.79 Å². The molecular formula is C10H9BrO. The second-order valence-corrected chi connectivity index (χ2v) is 3.32. The molecule has 1 rings (SSSR count). The van der Waals surface area contributed by atoms with Crippen LogP contribution in [0.2, 0.25) is 0 Å². The molecule has 0 amide bonds. The van der Waals surface area contributed by atoms with E-state index >= 15 is 0 Å². The fourth-order valence-electron chi connectivity index (χ4n) is 1.08. The van der Waals surface area contributed by atoms with Crippen molar-refractivity contribution in [3.63, 3.8) is 0 Å². The molecule has 0 saturated heterocycles. The van der Waals surface area contributed by atoms with Crippen LogP contribution in [0, 0.1) is 0 Å². The molecule has 1 aromatic carbocycles. The Labute approximate surface area is 80.2 Å². The summed E-state index contributed by atoms with van der Waals surface area (Å²) in [6, 6.07) is 5.60. The highest BCUT2D eigenvalue weighted by atomic mass is 79.9. The summed E-state index contributed by atoms with van der Waals surface area (Å²) >= 11 is 3.32. The maximum atomic E-state index is 11.2. The minimum Gasteiger partial charge on any atom is -0.294 e. The normalized spacial score (nSPS) is 9.50. The molecule has 0 aliphatic heterocycles. The van der Waals surface area contributed by atoms with Crippen LogP contribution in [0.4, 0.5) is 0 Å². The Bertz CT molecular complexity index is 329. The molecule has 0 N–H and O–H groups in total. The predicted octanol–water partition coefficient (Wildman–Crippen LogP) is 3.29. The van der Waals surface area contributed by atoms with Crippen molar-refractivity contribution in [2.75, 3.05) is 0 Å². The van der Waals surface area contributed by atoms with Crippen LogP contribution in [0.5, 0.6) is 0 Å². The van der Waals surface area contributed by atoms with Gasteiger partial charge in [-0.2, -0.15) is 0 Å². The molecule has 0 unspecified atom stereocenters. The van der Waals surface area contributed by atoms with E-state index in [-0.39, 0.29) is 5.78 Å². The molecule has 0 atom stereocenters. The van der Waals surface area contributed by atoms with Crippen molar-refractivity contribution in [1.82, 2.24) is 0 Å². The molecule has 1 nitrogen and oxygen atoms in total. The van der Waals surface area contributed by atoms with Crippen molar-refractivity contribution in [3.8, 4) is 0 Å². The number of carbonyl (C=O) groups excluding carboxylic acids is 1. The number of hydrogen-bond acceptors (Lipinski definition) is 1. The average Bonchev–Trinajstić information content (AvgIpc) is 2.03. The molecule has 0 radical (unpaired) electrons. The molecule has 0 bridgehead atoms. The number of hydrogen-bond donors (Lipinski definition) is 0. The highest BCUT2D eigenvalue weighted by molar-refractivity contribution is 9.10. The lowest BCUT2D eigenvalue weighted by Gasteiger charge is -2.03. The summed E-state index contributed by atoms with van der Waals surface area (Å²) in [5.41, 5.74) is 1.57. The second kappa shape index (κ2) is 3.68. The summed E-state index contributed by atoms with van der Waals surface area (Å²) in [4.78, 5) is 11.2. The van der Waals surface area contributed by atoms with Gasteiger partial charge in [-0.05, 0) is 18.6 Å². The SMILES string of the molecule is C=Cc1cccc(Br)c1C(C)=O. The lowest BCUT2D eigenvalue weighted by Crippen LogP contribution is -1.96. The third-order valence-electron chi connectivity index (χ3n) is 1.62. The van der Waals surface area contributed by atoms with E-state index in [1.165, 1.54) is 0 Å². The van der Waals surface area contributed by atoms with Crippen molar-refractivity contribution in [3.05, 3.63) is 40.4 Å². The number of benzene rings is 1. The number of ketones is 1. The van der Waals surface area contributed by atoms with E-state index in [1.54, 1.807) is 13.0 Å². The molecule has 0 aliphatic rings. The van der Waals surface area contributed by atoms with Crippen LogP contribution in [0.1, 0.15) is 22.8 Å². The van der Waals surface area contributed by atoms with E-state index in [9.17, 15) is 4.79 Å². The molecule has 62 valence electrons. The van der Waals surface area contributed by atoms with E-state index in [0.29, 0.717) is 5.56 Å². The lowest BCUT2D eigenvalue weighted by molar-refractivity contribution is 0.101. The van der Waals surface area contributed by atoms with Gasteiger partial charge in [0.1, 0.15) is 0 Å². The number of rotatable bonds is 2. The largest absolute Gasteiger partial charge is 0.294 e. The molecule has 12 heavy (non-hydrogen) atoms. The standard InChI is InChI=1S/C10H9BrO/c1-3-8-5-4-6-9(11)10(8)7(2)12/h3-6H,1H2,2H3. The molecule has 1 aromatic rings. The van der Waals surface area contributed by atoms with Crippen molar-refractivity contribution in [1.29, 1.82) is 0 Å². The van der Waals surface area contributed by atoms with Crippen molar-refractivity contribution >= 4 is 27.8 Å². The van der Waals surface area contributed by atoms with Crippen LogP contribution in [0.3, 0.4) is 0 Å². The van der Waals surface area contributed by atoms with Crippen LogP contribution in [0.15, 0.2) is 29.3 Å². The Morgan fingerprint density at radius 1 is 1.58 bits per heavy atom. The average molecular weight is 225 g/mol. The minimum absolute atomic E-state index is 0.0531. The van der Waals surface area contributed by atoms with Gasteiger partial charge in [0, 0.05) is 10.0 Å². The summed E-state index contributed by atoms with van der Waals surface area (Å²) < 4.78 is 0.826. The monoisotopic (exact) mass is 224 g/mol. The Balaban J connectivity index is 3.39. The van der Waals surface area contributed by atoms with Crippen LogP contribution < -0.4 is 0 Å². The third-order valence-corrected chi connectivity index (χ3v) is 2.28. The maximum absolute atomic E-state index is 11.2. The van der Waals surface area contributed by atoms with Gasteiger partial charge in [0.15, 0.2) is 5.78 Å². The first-order valence-electron chi connectivity index (χ1n) is 3.58. The zero-order valence-corrected chi connectivity index (χ0v) is 8.39. The smallest absolute Gasteiger partial charge is 0.161 e. The molecule has 0 saturated carbocycles. The lowest BCUT2D eigenvalue weighted by atomic mass is 10.0. The first-order valence-corrected chi connectivity index (χ1v) is 4.38. The Morgan fingerprint density at radius 2 is 2.25 bits per heavy atom. The predicted molar refractivity (Wildman–Crippen MR) is 54.2 cm³/mol. The Hall–Kier alpha value is -0.890. The van der Waals surface area contributed by atoms with Gasteiger partial charge in [0.05, 0.1) is 0 Å². The topological polar surface area (TPSA) is 17.1 Å². The first kappa shape index (κ1) is 9.20. The quantitative estimate of drug-likeness (QED) is 0.705. The van der Waals surface area contributed by atoms with Gasteiger partial charge in [0.25, 0.3) is 0 Å². The van der Waals surface area contributed by atoms with Crippen LogP contribution in [0.25, 0.3) is 6.08 Å². The summed E-state index contributed by atoms with van der Waals surface area (Å²) in [6.07, 6.45) is 1.68. The van der Waals surface area contributed by atoms with Crippen LogP contribution >= 0.6 is 15.9 Å². The molecule has 0 aromatic heterocycles. The van der Waals surface area contributed by atoms with E-state index < -0.39 is 0 Å². The third kappa shape index (κ3) is 1.64. The zero-order valence-electron chi connectivity index (χ0n) is 6.80. The molecule has 0 heterocycles. The first-order chi connectivity index (χ1) is 5.66. The summed E-state index contributed by atoms with van der Waals surface area (Å²) in [6.45, 7) is 5.19. The Morgan fingerprint density at radius 3 is 2.67 bits per heavy atom. The van der Waals surface area contributed by atoms with Gasteiger partial charge in [-0.3, -0.25) is 4.79 Å². The van der Waals surface area contributed by atoms with Gasteiger partial charge in [-0.25, -0.2) is 0 Å². The molecule has 0 fully saturated rings. The highest BCUT2D eigenvalue weighted by Gasteiger charge is 2.07. The fourth-order valence-corrected chi connectivity index (χ4v) is 1.74. The van der Waals surface area contributed by atoms with Gasteiger partial charge in [0.2, 0.25) is 0 Å². The number of halogens is 1. The maximum Gasteiger partial charge on any atom is 0.161 e.